The second-order valence-corrected chi connectivity index (χ2v) is 3.94. The standard InChI is InChI=1S/C11H7BrN2O/c12-9-3-1-8(2-4-9)11-7-10(5-6-13)15-14-11/h1-4,7H,5H2. The highest BCUT2D eigenvalue weighted by molar-refractivity contribution is 9.10. The first-order chi connectivity index (χ1) is 7.29. The van der Waals surface area contributed by atoms with Crippen LogP contribution in [0.15, 0.2) is 39.3 Å². The molecule has 0 fully saturated rings. The Morgan fingerprint density at radius 1 is 1.33 bits per heavy atom. The number of hydrogen-bond acceptors (Lipinski definition) is 3. The zero-order chi connectivity index (χ0) is 10.7. The second-order valence-electron chi connectivity index (χ2n) is 3.02. The summed E-state index contributed by atoms with van der Waals surface area (Å²) in [4.78, 5) is 0. The molecule has 0 amide bonds. The van der Waals surface area contributed by atoms with Crippen LogP contribution in [0, 0.1) is 11.3 Å². The van der Waals surface area contributed by atoms with E-state index >= 15 is 0 Å². The van der Waals surface area contributed by atoms with Crippen molar-refractivity contribution in [3.05, 3.63) is 40.6 Å². The van der Waals surface area contributed by atoms with Crippen molar-refractivity contribution in [1.82, 2.24) is 5.16 Å². The van der Waals surface area contributed by atoms with Crippen LogP contribution in [0.1, 0.15) is 5.76 Å². The molecule has 74 valence electrons. The summed E-state index contributed by atoms with van der Waals surface area (Å²) in [6.07, 6.45) is 0.254. The van der Waals surface area contributed by atoms with Crippen molar-refractivity contribution in [3.8, 4) is 17.3 Å². The third-order valence-electron chi connectivity index (χ3n) is 1.95. The van der Waals surface area contributed by atoms with Gasteiger partial charge in [-0.2, -0.15) is 5.26 Å². The van der Waals surface area contributed by atoms with Gasteiger partial charge < -0.3 is 4.52 Å². The van der Waals surface area contributed by atoms with E-state index in [1.807, 2.05) is 30.3 Å². The molecule has 15 heavy (non-hydrogen) atoms. The lowest BCUT2D eigenvalue weighted by atomic mass is 10.1. The molecule has 2 rings (SSSR count). The fraction of sp³-hybridized carbons (Fsp3) is 0.0909. The molecular weight excluding hydrogens is 256 g/mol. The highest BCUT2D eigenvalue weighted by Gasteiger charge is 2.05. The van der Waals surface area contributed by atoms with E-state index in [0.717, 1.165) is 15.7 Å². The number of aromatic nitrogens is 1. The molecule has 0 aliphatic carbocycles. The van der Waals surface area contributed by atoms with Crippen molar-refractivity contribution in [3.63, 3.8) is 0 Å². The lowest BCUT2D eigenvalue weighted by molar-refractivity contribution is 0.393. The molecule has 1 aromatic heterocycles. The summed E-state index contributed by atoms with van der Waals surface area (Å²) in [6, 6.07) is 11.6. The van der Waals surface area contributed by atoms with E-state index in [-0.39, 0.29) is 6.42 Å². The number of hydrogen-bond donors (Lipinski definition) is 0. The first kappa shape index (κ1) is 9.94. The van der Waals surface area contributed by atoms with Crippen molar-refractivity contribution < 1.29 is 4.52 Å². The predicted molar refractivity (Wildman–Crippen MR) is 59.0 cm³/mol. The van der Waals surface area contributed by atoms with Gasteiger partial charge in [-0.1, -0.05) is 33.2 Å². The Labute approximate surface area is 95.4 Å². The van der Waals surface area contributed by atoms with Gasteiger partial charge in [0.15, 0.2) is 5.76 Å². The lowest BCUT2D eigenvalue weighted by Gasteiger charge is -1.94. The smallest absolute Gasteiger partial charge is 0.151 e. The van der Waals surface area contributed by atoms with Gasteiger partial charge in [-0.25, -0.2) is 0 Å². The molecule has 1 aromatic carbocycles. The molecule has 3 nitrogen and oxygen atoms in total. The van der Waals surface area contributed by atoms with E-state index in [4.69, 9.17) is 9.78 Å². The van der Waals surface area contributed by atoms with E-state index in [2.05, 4.69) is 21.1 Å². The molecule has 0 unspecified atom stereocenters. The summed E-state index contributed by atoms with van der Waals surface area (Å²) in [7, 11) is 0. The third-order valence-corrected chi connectivity index (χ3v) is 2.48. The monoisotopic (exact) mass is 262 g/mol. The van der Waals surface area contributed by atoms with Crippen LogP contribution in [-0.4, -0.2) is 5.16 Å². The molecule has 1 heterocycles. The van der Waals surface area contributed by atoms with Gasteiger partial charge >= 0.3 is 0 Å². The molecule has 2 aromatic rings. The van der Waals surface area contributed by atoms with Crippen LogP contribution >= 0.6 is 15.9 Å². The average molecular weight is 263 g/mol. The normalized spacial score (nSPS) is 9.87. The van der Waals surface area contributed by atoms with Gasteiger partial charge in [-0.05, 0) is 12.1 Å². The molecule has 4 heteroatoms. The lowest BCUT2D eigenvalue weighted by Crippen LogP contribution is -1.75. The number of halogens is 1. The highest BCUT2D eigenvalue weighted by atomic mass is 79.9. The first-order valence-electron chi connectivity index (χ1n) is 4.38. The van der Waals surface area contributed by atoms with Crippen LogP contribution in [-0.2, 0) is 6.42 Å². The molecule has 0 aliphatic rings. The van der Waals surface area contributed by atoms with Gasteiger partial charge in [0.2, 0.25) is 0 Å². The molecule has 0 saturated heterocycles. The van der Waals surface area contributed by atoms with E-state index in [1.54, 1.807) is 6.07 Å². The van der Waals surface area contributed by atoms with E-state index in [9.17, 15) is 0 Å². The summed E-state index contributed by atoms with van der Waals surface area (Å²) in [5, 5.41) is 12.4. The van der Waals surface area contributed by atoms with Crippen molar-refractivity contribution in [2.24, 2.45) is 0 Å². The van der Waals surface area contributed by atoms with Crippen LogP contribution in [0.2, 0.25) is 0 Å². The van der Waals surface area contributed by atoms with E-state index in [0.29, 0.717) is 5.76 Å². The molecule has 0 radical (unpaired) electrons. The number of nitrogens with zero attached hydrogens (tertiary/aromatic N) is 2. The van der Waals surface area contributed by atoms with Gasteiger partial charge in [-0.3, -0.25) is 0 Å². The number of benzene rings is 1. The summed E-state index contributed by atoms with van der Waals surface area (Å²) < 4.78 is 6.03. The Morgan fingerprint density at radius 2 is 2.07 bits per heavy atom. The van der Waals surface area contributed by atoms with Gasteiger partial charge in [0, 0.05) is 16.1 Å². The van der Waals surface area contributed by atoms with Gasteiger partial charge in [0.05, 0.1) is 12.5 Å². The topological polar surface area (TPSA) is 49.8 Å². The largest absolute Gasteiger partial charge is 0.360 e. The molecule has 0 N–H and O–H groups in total. The maximum absolute atomic E-state index is 8.49. The van der Waals surface area contributed by atoms with Crippen LogP contribution in [0.5, 0.6) is 0 Å². The van der Waals surface area contributed by atoms with Gasteiger partial charge in [-0.15, -0.1) is 0 Å². The van der Waals surface area contributed by atoms with Crippen LogP contribution in [0.3, 0.4) is 0 Å². The molecular formula is C11H7BrN2O. The highest BCUT2D eigenvalue weighted by Crippen LogP contribution is 2.21. The molecule has 0 bridgehead atoms. The van der Waals surface area contributed by atoms with E-state index in [1.165, 1.54) is 0 Å². The zero-order valence-electron chi connectivity index (χ0n) is 7.77. The average Bonchev–Trinajstić information content (AvgIpc) is 2.68. The number of rotatable bonds is 2. The minimum atomic E-state index is 0.254. The Kier molecular flexibility index (Phi) is 2.84. The summed E-state index contributed by atoms with van der Waals surface area (Å²) in [6.45, 7) is 0. The molecule has 0 atom stereocenters. The Balaban J connectivity index is 2.30. The second kappa shape index (κ2) is 4.28. The fourth-order valence-corrected chi connectivity index (χ4v) is 1.50. The third kappa shape index (κ3) is 2.25. The fourth-order valence-electron chi connectivity index (χ4n) is 1.23. The quantitative estimate of drug-likeness (QED) is 0.836. The summed E-state index contributed by atoms with van der Waals surface area (Å²) in [5.41, 5.74) is 1.74. The van der Waals surface area contributed by atoms with Gasteiger partial charge in [0.1, 0.15) is 5.69 Å². The van der Waals surface area contributed by atoms with Crippen molar-refractivity contribution in [1.29, 1.82) is 5.26 Å². The minimum absolute atomic E-state index is 0.254. The minimum Gasteiger partial charge on any atom is -0.360 e. The number of nitriles is 1. The predicted octanol–water partition coefficient (Wildman–Crippen LogP) is 3.17. The van der Waals surface area contributed by atoms with Gasteiger partial charge in [0.25, 0.3) is 0 Å². The maximum atomic E-state index is 8.49. The summed E-state index contributed by atoms with van der Waals surface area (Å²) >= 11 is 3.36. The Bertz CT molecular complexity index is 496. The Hall–Kier alpha value is -1.60. The van der Waals surface area contributed by atoms with Crippen molar-refractivity contribution in [2.45, 2.75) is 6.42 Å². The first-order valence-corrected chi connectivity index (χ1v) is 5.17. The SMILES string of the molecule is N#CCc1cc(-c2ccc(Br)cc2)no1. The molecule has 0 aliphatic heterocycles. The van der Waals surface area contributed by atoms with E-state index < -0.39 is 0 Å². The summed E-state index contributed by atoms with van der Waals surface area (Å²) in [5.74, 6) is 0.593. The zero-order valence-corrected chi connectivity index (χ0v) is 9.36. The molecule has 0 saturated carbocycles. The van der Waals surface area contributed by atoms with Crippen LogP contribution < -0.4 is 0 Å². The van der Waals surface area contributed by atoms with Crippen LogP contribution in [0.4, 0.5) is 0 Å². The van der Waals surface area contributed by atoms with Crippen molar-refractivity contribution >= 4 is 15.9 Å². The van der Waals surface area contributed by atoms with Crippen molar-refractivity contribution in [2.75, 3.05) is 0 Å². The van der Waals surface area contributed by atoms with Crippen LogP contribution in [0.25, 0.3) is 11.3 Å². The Morgan fingerprint density at radius 3 is 2.73 bits per heavy atom. The molecule has 0 spiro atoms. The maximum Gasteiger partial charge on any atom is 0.151 e.